The van der Waals surface area contributed by atoms with Gasteiger partial charge in [-0.1, -0.05) is 0 Å². The lowest BCUT2D eigenvalue weighted by Gasteiger charge is -2.34. The van der Waals surface area contributed by atoms with E-state index >= 15 is 0 Å². The molecule has 19 heavy (non-hydrogen) atoms. The van der Waals surface area contributed by atoms with Crippen molar-refractivity contribution < 1.29 is 14.8 Å². The van der Waals surface area contributed by atoms with Crippen LogP contribution in [0.5, 0.6) is 0 Å². The summed E-state index contributed by atoms with van der Waals surface area (Å²) >= 11 is 0. The number of aromatic nitrogens is 2. The molecule has 1 aliphatic rings. The van der Waals surface area contributed by atoms with E-state index < -0.39 is 4.92 Å². The van der Waals surface area contributed by atoms with Gasteiger partial charge in [0.15, 0.2) is 0 Å². The number of hydrogen-bond donors (Lipinski definition) is 1. The van der Waals surface area contributed by atoms with Gasteiger partial charge in [-0.3, -0.25) is 19.6 Å². The maximum atomic E-state index is 11.9. The lowest BCUT2D eigenvalue weighted by molar-refractivity contribution is -0.385. The summed E-state index contributed by atoms with van der Waals surface area (Å²) in [6, 6.07) is 0. The Morgan fingerprint density at radius 3 is 2.89 bits per heavy atom. The fraction of sp³-hybridized carbons (Fsp3) is 0.636. The number of amides is 1. The second-order valence-electron chi connectivity index (χ2n) is 4.92. The van der Waals surface area contributed by atoms with Crippen LogP contribution in [0.4, 0.5) is 5.69 Å². The normalized spacial score (nSPS) is 21.8. The number of nitro groups is 1. The van der Waals surface area contributed by atoms with Crippen molar-refractivity contribution in [2.75, 3.05) is 13.6 Å². The van der Waals surface area contributed by atoms with Crippen molar-refractivity contribution in [1.82, 2.24) is 14.7 Å². The molecule has 0 aliphatic heterocycles. The Kier molecular flexibility index (Phi) is 3.79. The molecule has 8 heteroatoms. The van der Waals surface area contributed by atoms with Gasteiger partial charge in [0.25, 0.3) is 0 Å². The molecule has 2 rings (SSSR count). The van der Waals surface area contributed by atoms with E-state index in [0.717, 1.165) is 19.0 Å². The number of likely N-dealkylation sites (N-methyl/N-ethyl adjacent to an activating group) is 1. The van der Waals surface area contributed by atoms with Crippen LogP contribution in [-0.2, 0) is 11.3 Å². The van der Waals surface area contributed by atoms with E-state index in [1.165, 1.54) is 10.9 Å². The number of hydrogen-bond acceptors (Lipinski definition) is 5. The summed E-state index contributed by atoms with van der Waals surface area (Å²) in [5, 5.41) is 23.4. The molecular formula is C11H16N4O4. The van der Waals surface area contributed by atoms with Crippen LogP contribution < -0.4 is 0 Å². The van der Waals surface area contributed by atoms with E-state index in [1.807, 2.05) is 0 Å². The first-order valence-electron chi connectivity index (χ1n) is 6.04. The van der Waals surface area contributed by atoms with Gasteiger partial charge in [0.05, 0.1) is 11.0 Å². The van der Waals surface area contributed by atoms with Gasteiger partial charge in [0.1, 0.15) is 18.9 Å². The molecule has 0 aromatic carbocycles. The molecule has 0 saturated heterocycles. The molecule has 1 saturated carbocycles. The van der Waals surface area contributed by atoms with Crippen LogP contribution in [0.2, 0.25) is 0 Å². The van der Waals surface area contributed by atoms with E-state index in [1.54, 1.807) is 11.9 Å². The molecule has 1 amide bonds. The zero-order valence-corrected chi connectivity index (χ0v) is 10.6. The number of carbonyl (C=O) groups excluding carboxylic acids is 1. The predicted molar refractivity (Wildman–Crippen MR) is 65.2 cm³/mol. The van der Waals surface area contributed by atoms with E-state index in [9.17, 15) is 20.0 Å². The maximum absolute atomic E-state index is 11.9. The molecule has 0 radical (unpaired) electrons. The maximum Gasteiger partial charge on any atom is 0.307 e. The Morgan fingerprint density at radius 1 is 1.68 bits per heavy atom. The number of aliphatic hydroxyl groups is 1. The highest BCUT2D eigenvalue weighted by molar-refractivity contribution is 5.75. The third-order valence-electron chi connectivity index (χ3n) is 3.30. The summed E-state index contributed by atoms with van der Waals surface area (Å²) in [7, 11) is 1.69. The van der Waals surface area contributed by atoms with E-state index in [0.29, 0.717) is 12.5 Å². The van der Waals surface area contributed by atoms with Crippen LogP contribution >= 0.6 is 0 Å². The van der Waals surface area contributed by atoms with Crippen LogP contribution in [-0.4, -0.2) is 50.3 Å². The number of nitrogens with zero attached hydrogens (tertiary/aromatic N) is 4. The monoisotopic (exact) mass is 268 g/mol. The zero-order chi connectivity index (χ0) is 14.0. The summed E-state index contributed by atoms with van der Waals surface area (Å²) in [5.74, 6) is 0.190. The summed E-state index contributed by atoms with van der Waals surface area (Å²) in [6.45, 7) is 0.582. The molecule has 1 aromatic heterocycles. The summed E-state index contributed by atoms with van der Waals surface area (Å²) < 4.78 is 1.26. The van der Waals surface area contributed by atoms with E-state index in [4.69, 9.17) is 0 Å². The van der Waals surface area contributed by atoms with Gasteiger partial charge in [0, 0.05) is 13.6 Å². The number of carbonyl (C=O) groups is 1. The van der Waals surface area contributed by atoms with Gasteiger partial charge in [-0.25, -0.2) is 0 Å². The van der Waals surface area contributed by atoms with Crippen molar-refractivity contribution in [2.45, 2.75) is 25.5 Å². The molecule has 8 nitrogen and oxygen atoms in total. The SMILES string of the molecule is CN(CC1CC(O)C1)C(=O)Cn1cc([N+](=O)[O-])cn1. The third kappa shape index (κ3) is 3.28. The topological polar surface area (TPSA) is 102 Å². The molecule has 1 N–H and O–H groups in total. The summed E-state index contributed by atoms with van der Waals surface area (Å²) in [4.78, 5) is 23.4. The van der Waals surface area contributed by atoms with Gasteiger partial charge in [0.2, 0.25) is 5.91 Å². The Bertz CT molecular complexity index is 481. The van der Waals surface area contributed by atoms with Crippen LogP contribution in [0.15, 0.2) is 12.4 Å². The Labute approximate surface area is 109 Å². The fourth-order valence-corrected chi connectivity index (χ4v) is 2.13. The van der Waals surface area contributed by atoms with Crippen LogP contribution in [0.25, 0.3) is 0 Å². The quantitative estimate of drug-likeness (QED) is 0.599. The highest BCUT2D eigenvalue weighted by atomic mass is 16.6. The Balaban J connectivity index is 1.83. The largest absolute Gasteiger partial charge is 0.393 e. The lowest BCUT2D eigenvalue weighted by Crippen LogP contribution is -2.40. The molecule has 104 valence electrons. The minimum Gasteiger partial charge on any atom is -0.393 e. The van der Waals surface area contributed by atoms with Gasteiger partial charge in [-0.15, -0.1) is 0 Å². The molecular weight excluding hydrogens is 252 g/mol. The zero-order valence-electron chi connectivity index (χ0n) is 10.6. The van der Waals surface area contributed by atoms with Crippen molar-refractivity contribution in [1.29, 1.82) is 0 Å². The first-order chi connectivity index (χ1) is 8.95. The minimum absolute atomic E-state index is 0.0143. The van der Waals surface area contributed by atoms with E-state index in [2.05, 4.69) is 5.10 Å². The van der Waals surface area contributed by atoms with Gasteiger partial charge < -0.3 is 10.0 Å². The summed E-state index contributed by atoms with van der Waals surface area (Å²) in [5.41, 5.74) is -0.127. The molecule has 1 aromatic rings. The van der Waals surface area contributed by atoms with Crippen molar-refractivity contribution in [3.8, 4) is 0 Å². The fourth-order valence-electron chi connectivity index (χ4n) is 2.13. The van der Waals surface area contributed by atoms with E-state index in [-0.39, 0.29) is 24.2 Å². The minimum atomic E-state index is -0.548. The van der Waals surface area contributed by atoms with Gasteiger partial charge >= 0.3 is 5.69 Å². The predicted octanol–water partition coefficient (Wildman–Crippen LogP) is 0.0206. The van der Waals surface area contributed by atoms with Crippen molar-refractivity contribution in [3.63, 3.8) is 0 Å². The molecule has 0 atom stereocenters. The number of aliphatic hydroxyl groups excluding tert-OH is 1. The highest BCUT2D eigenvalue weighted by Crippen LogP contribution is 2.27. The first-order valence-corrected chi connectivity index (χ1v) is 6.04. The Morgan fingerprint density at radius 2 is 2.37 bits per heavy atom. The molecule has 1 fully saturated rings. The molecule has 0 unspecified atom stereocenters. The second kappa shape index (κ2) is 5.35. The standard InChI is InChI=1S/C11H16N4O4/c1-13(5-8-2-10(16)3-8)11(17)7-14-6-9(4-12-14)15(18)19/h4,6,8,10,16H,2-3,5,7H2,1H3. The smallest absolute Gasteiger partial charge is 0.307 e. The number of rotatable bonds is 5. The van der Waals surface area contributed by atoms with Crippen LogP contribution in [0.1, 0.15) is 12.8 Å². The average Bonchev–Trinajstić information content (AvgIpc) is 2.75. The summed E-state index contributed by atoms with van der Waals surface area (Å²) in [6.07, 6.45) is 3.58. The highest BCUT2D eigenvalue weighted by Gasteiger charge is 2.29. The molecule has 1 aliphatic carbocycles. The van der Waals surface area contributed by atoms with Gasteiger partial charge in [-0.2, -0.15) is 5.10 Å². The van der Waals surface area contributed by atoms with Gasteiger partial charge in [-0.05, 0) is 18.8 Å². The van der Waals surface area contributed by atoms with Crippen LogP contribution in [0.3, 0.4) is 0 Å². The van der Waals surface area contributed by atoms with Crippen molar-refractivity contribution in [3.05, 3.63) is 22.5 Å². The first kappa shape index (κ1) is 13.5. The van der Waals surface area contributed by atoms with Crippen molar-refractivity contribution in [2.24, 2.45) is 5.92 Å². The Hall–Kier alpha value is -1.96. The molecule has 0 bridgehead atoms. The van der Waals surface area contributed by atoms with Crippen LogP contribution in [0, 0.1) is 16.0 Å². The second-order valence-corrected chi connectivity index (χ2v) is 4.92. The third-order valence-corrected chi connectivity index (χ3v) is 3.30. The average molecular weight is 268 g/mol. The lowest BCUT2D eigenvalue weighted by atomic mass is 9.82. The molecule has 0 spiro atoms. The molecule has 1 heterocycles. The van der Waals surface area contributed by atoms with Crippen molar-refractivity contribution >= 4 is 11.6 Å².